The predicted molar refractivity (Wildman–Crippen MR) is 80.8 cm³/mol. The Labute approximate surface area is 125 Å². The predicted octanol–water partition coefficient (Wildman–Crippen LogP) is 0.447. The summed E-state index contributed by atoms with van der Waals surface area (Å²) in [5.41, 5.74) is 0.325. The number of sulfone groups is 1. The lowest BCUT2D eigenvalue weighted by atomic mass is 10.3. The van der Waals surface area contributed by atoms with Gasteiger partial charge in [0.2, 0.25) is 10.0 Å². The van der Waals surface area contributed by atoms with E-state index in [1.54, 1.807) is 7.05 Å². The van der Waals surface area contributed by atoms with E-state index in [-0.39, 0.29) is 22.9 Å². The molecule has 0 atom stereocenters. The Morgan fingerprint density at radius 3 is 2.38 bits per heavy atom. The largest absolute Gasteiger partial charge is 0.387 e. The Morgan fingerprint density at radius 2 is 1.86 bits per heavy atom. The molecular formula is C12H20N2O5S2. The van der Waals surface area contributed by atoms with Crippen molar-refractivity contribution >= 4 is 25.5 Å². The van der Waals surface area contributed by atoms with Crippen molar-refractivity contribution in [3.63, 3.8) is 0 Å². The third kappa shape index (κ3) is 4.95. The van der Waals surface area contributed by atoms with E-state index in [0.717, 1.165) is 12.3 Å². The van der Waals surface area contributed by atoms with Crippen LogP contribution in [0.3, 0.4) is 0 Å². The molecule has 0 fully saturated rings. The van der Waals surface area contributed by atoms with Gasteiger partial charge in [0.05, 0.1) is 17.2 Å². The van der Waals surface area contributed by atoms with Crippen LogP contribution in [0.2, 0.25) is 0 Å². The van der Waals surface area contributed by atoms with Gasteiger partial charge in [0, 0.05) is 26.5 Å². The van der Waals surface area contributed by atoms with E-state index in [1.807, 2.05) is 6.92 Å². The fourth-order valence-electron chi connectivity index (χ4n) is 1.63. The van der Waals surface area contributed by atoms with Gasteiger partial charge in [-0.3, -0.25) is 0 Å². The normalized spacial score (nSPS) is 12.3. The van der Waals surface area contributed by atoms with E-state index < -0.39 is 19.9 Å². The molecule has 0 aliphatic rings. The number of hydrogen-bond donors (Lipinski definition) is 2. The molecule has 0 aliphatic heterocycles. The third-order valence-corrected chi connectivity index (χ3v) is 5.29. The first-order valence-corrected chi connectivity index (χ1v) is 9.69. The first kappa shape index (κ1) is 17.9. The van der Waals surface area contributed by atoms with Crippen molar-refractivity contribution in [3.05, 3.63) is 18.2 Å². The lowest BCUT2D eigenvalue weighted by Gasteiger charge is -2.12. The topological polar surface area (TPSA) is 102 Å². The van der Waals surface area contributed by atoms with Gasteiger partial charge in [-0.15, -0.1) is 0 Å². The summed E-state index contributed by atoms with van der Waals surface area (Å²) in [5, 5.41) is 2.74. The summed E-state index contributed by atoms with van der Waals surface area (Å²) in [6.45, 7) is 2.66. The molecule has 0 aliphatic carbocycles. The van der Waals surface area contributed by atoms with E-state index >= 15 is 0 Å². The number of anilines is 1. The van der Waals surface area contributed by atoms with Gasteiger partial charge < -0.3 is 10.1 Å². The zero-order valence-corrected chi connectivity index (χ0v) is 13.8. The number of ether oxygens (including phenoxy) is 1. The maximum absolute atomic E-state index is 12.3. The smallest absolute Gasteiger partial charge is 0.242 e. The second-order valence-electron chi connectivity index (χ2n) is 4.27. The first-order valence-electron chi connectivity index (χ1n) is 6.31. The maximum Gasteiger partial charge on any atom is 0.242 e. The van der Waals surface area contributed by atoms with Crippen LogP contribution in [0.1, 0.15) is 6.92 Å². The van der Waals surface area contributed by atoms with E-state index in [0.29, 0.717) is 12.3 Å². The van der Waals surface area contributed by atoms with Gasteiger partial charge in [0.1, 0.15) is 4.90 Å². The highest BCUT2D eigenvalue weighted by Gasteiger charge is 2.20. The summed E-state index contributed by atoms with van der Waals surface area (Å²) in [5.74, 6) is 0. The van der Waals surface area contributed by atoms with Crippen molar-refractivity contribution < 1.29 is 21.6 Å². The molecule has 0 saturated heterocycles. The van der Waals surface area contributed by atoms with Crippen molar-refractivity contribution in [2.75, 3.05) is 38.4 Å². The van der Waals surface area contributed by atoms with Crippen molar-refractivity contribution in [2.45, 2.75) is 16.7 Å². The standard InChI is InChI=1S/C12H20N2O5S2/c1-4-19-8-7-14-21(17,18)12-9-10(20(3,15)16)5-6-11(12)13-2/h5-6,9,13-14H,4,7-8H2,1-3H3. The van der Waals surface area contributed by atoms with Crippen molar-refractivity contribution in [3.8, 4) is 0 Å². The minimum Gasteiger partial charge on any atom is -0.387 e. The Bertz CT molecular complexity index is 684. The van der Waals surface area contributed by atoms with Crippen LogP contribution >= 0.6 is 0 Å². The van der Waals surface area contributed by atoms with Gasteiger partial charge in [-0.25, -0.2) is 21.6 Å². The molecule has 0 saturated carbocycles. The van der Waals surface area contributed by atoms with Gasteiger partial charge >= 0.3 is 0 Å². The molecule has 0 amide bonds. The van der Waals surface area contributed by atoms with Crippen LogP contribution in [0, 0.1) is 0 Å². The molecule has 1 aromatic carbocycles. The zero-order valence-electron chi connectivity index (χ0n) is 12.2. The highest BCUT2D eigenvalue weighted by Crippen LogP contribution is 2.24. The average molecular weight is 336 g/mol. The SMILES string of the molecule is CCOCCNS(=O)(=O)c1cc(S(C)(=O)=O)ccc1NC. The van der Waals surface area contributed by atoms with Crippen LogP contribution < -0.4 is 10.0 Å². The maximum atomic E-state index is 12.3. The monoisotopic (exact) mass is 336 g/mol. The first-order chi connectivity index (χ1) is 9.72. The van der Waals surface area contributed by atoms with E-state index in [2.05, 4.69) is 10.0 Å². The van der Waals surface area contributed by atoms with Gasteiger partial charge in [0.25, 0.3) is 0 Å². The van der Waals surface area contributed by atoms with E-state index in [9.17, 15) is 16.8 Å². The highest BCUT2D eigenvalue weighted by molar-refractivity contribution is 7.91. The number of rotatable bonds is 8. The highest BCUT2D eigenvalue weighted by atomic mass is 32.2. The fourth-order valence-corrected chi connectivity index (χ4v) is 3.60. The molecule has 0 heterocycles. The quantitative estimate of drug-likeness (QED) is 0.668. The molecule has 120 valence electrons. The van der Waals surface area contributed by atoms with E-state index in [1.165, 1.54) is 12.1 Å². The lowest BCUT2D eigenvalue weighted by molar-refractivity contribution is 0.153. The van der Waals surface area contributed by atoms with Crippen molar-refractivity contribution in [1.29, 1.82) is 0 Å². The zero-order chi connectivity index (χ0) is 16.1. The van der Waals surface area contributed by atoms with Crippen LogP contribution in [-0.4, -0.2) is 49.9 Å². The van der Waals surface area contributed by atoms with Gasteiger partial charge in [-0.05, 0) is 25.1 Å². The molecule has 0 spiro atoms. The number of hydrogen-bond acceptors (Lipinski definition) is 6. The van der Waals surface area contributed by atoms with Crippen molar-refractivity contribution in [2.24, 2.45) is 0 Å². The molecule has 21 heavy (non-hydrogen) atoms. The molecule has 7 nitrogen and oxygen atoms in total. The molecule has 0 bridgehead atoms. The second-order valence-corrected chi connectivity index (χ2v) is 8.03. The van der Waals surface area contributed by atoms with Gasteiger partial charge in [-0.2, -0.15) is 0 Å². The third-order valence-electron chi connectivity index (χ3n) is 2.68. The molecule has 0 unspecified atom stereocenters. The molecule has 1 aromatic rings. The fraction of sp³-hybridized carbons (Fsp3) is 0.500. The molecular weight excluding hydrogens is 316 g/mol. The Hall–Kier alpha value is -1.16. The summed E-state index contributed by atoms with van der Waals surface area (Å²) in [6.07, 6.45) is 1.03. The second kappa shape index (κ2) is 7.21. The molecule has 2 N–H and O–H groups in total. The number of nitrogens with one attached hydrogen (secondary N) is 2. The van der Waals surface area contributed by atoms with Gasteiger partial charge in [0.15, 0.2) is 9.84 Å². The van der Waals surface area contributed by atoms with E-state index in [4.69, 9.17) is 4.74 Å². The van der Waals surface area contributed by atoms with Crippen LogP contribution in [0.5, 0.6) is 0 Å². The Morgan fingerprint density at radius 1 is 1.19 bits per heavy atom. The summed E-state index contributed by atoms with van der Waals surface area (Å²) in [6, 6.07) is 3.93. The number of sulfonamides is 1. The van der Waals surface area contributed by atoms with Crippen molar-refractivity contribution in [1.82, 2.24) is 4.72 Å². The lowest BCUT2D eigenvalue weighted by Crippen LogP contribution is -2.28. The summed E-state index contributed by atoms with van der Waals surface area (Å²) < 4.78 is 55.1. The average Bonchev–Trinajstić information content (AvgIpc) is 2.42. The minimum absolute atomic E-state index is 0.0494. The molecule has 1 rings (SSSR count). The van der Waals surface area contributed by atoms with Crippen LogP contribution in [-0.2, 0) is 24.6 Å². The van der Waals surface area contributed by atoms with Crippen LogP contribution in [0.25, 0.3) is 0 Å². The summed E-state index contributed by atoms with van der Waals surface area (Å²) in [7, 11) is -5.74. The molecule has 0 radical (unpaired) electrons. The van der Waals surface area contributed by atoms with Gasteiger partial charge in [-0.1, -0.05) is 0 Å². The molecule has 0 aromatic heterocycles. The molecule has 9 heteroatoms. The Kier molecular flexibility index (Phi) is 6.14. The Balaban J connectivity index is 3.14. The van der Waals surface area contributed by atoms with Crippen LogP contribution in [0.4, 0.5) is 5.69 Å². The minimum atomic E-state index is -3.82. The summed E-state index contributed by atoms with van der Waals surface area (Å²) in [4.78, 5) is -0.156. The van der Waals surface area contributed by atoms with Crippen LogP contribution in [0.15, 0.2) is 28.0 Å². The number of benzene rings is 1. The summed E-state index contributed by atoms with van der Waals surface area (Å²) >= 11 is 0.